The second kappa shape index (κ2) is 5.72. The van der Waals surface area contributed by atoms with Crippen LogP contribution in [0.2, 0.25) is 0 Å². The van der Waals surface area contributed by atoms with Crippen molar-refractivity contribution < 1.29 is 0 Å². The second-order valence-electron chi connectivity index (χ2n) is 4.87. The minimum absolute atomic E-state index is 0.125. The summed E-state index contributed by atoms with van der Waals surface area (Å²) >= 11 is 1.71. The van der Waals surface area contributed by atoms with E-state index in [-0.39, 0.29) is 6.04 Å². The molecule has 3 nitrogen and oxygen atoms in total. The first-order chi connectivity index (χ1) is 9.02. The number of rotatable bonds is 4. The Morgan fingerprint density at radius 3 is 2.37 bits per heavy atom. The quantitative estimate of drug-likeness (QED) is 0.932. The largest absolute Gasteiger partial charge is 0.378 e. The average Bonchev–Trinajstić information content (AvgIpc) is 2.79. The van der Waals surface area contributed by atoms with E-state index in [0.29, 0.717) is 0 Å². The van der Waals surface area contributed by atoms with E-state index in [9.17, 15) is 0 Å². The van der Waals surface area contributed by atoms with Crippen molar-refractivity contribution in [3.05, 3.63) is 45.4 Å². The fourth-order valence-corrected chi connectivity index (χ4v) is 3.07. The molecule has 0 radical (unpaired) electrons. The monoisotopic (exact) mass is 275 g/mol. The number of hydrogen-bond donors (Lipinski definition) is 1. The third-order valence-corrected chi connectivity index (χ3v) is 4.37. The third kappa shape index (κ3) is 2.96. The minimum Gasteiger partial charge on any atom is -0.378 e. The van der Waals surface area contributed by atoms with Crippen LogP contribution in [0, 0.1) is 6.92 Å². The number of thiazole rings is 1. The summed E-state index contributed by atoms with van der Waals surface area (Å²) in [4.78, 5) is 8.00. The number of hydrogen-bond acceptors (Lipinski definition) is 4. The Kier molecular flexibility index (Phi) is 4.22. The van der Waals surface area contributed by atoms with Crippen LogP contribution in [0.3, 0.4) is 0 Å². The zero-order valence-corrected chi connectivity index (χ0v) is 12.8. The van der Waals surface area contributed by atoms with Gasteiger partial charge in [0.2, 0.25) is 0 Å². The predicted octanol–water partition coefficient (Wildman–Crippen LogP) is 3.13. The van der Waals surface area contributed by atoms with E-state index in [4.69, 9.17) is 5.73 Å². The standard InChI is InChI=1S/C15H21N3S/c1-5-13-10(2)19-15(17-13)14(16)11-6-8-12(9-7-11)18(3)4/h6-9,14H,5,16H2,1-4H3. The molecule has 19 heavy (non-hydrogen) atoms. The lowest BCUT2D eigenvalue weighted by Crippen LogP contribution is -2.13. The molecule has 0 fully saturated rings. The Hall–Kier alpha value is -1.39. The van der Waals surface area contributed by atoms with Crippen LogP contribution in [0.4, 0.5) is 5.69 Å². The summed E-state index contributed by atoms with van der Waals surface area (Å²) < 4.78 is 0. The fourth-order valence-electron chi connectivity index (χ4n) is 2.03. The van der Waals surface area contributed by atoms with Crippen LogP contribution >= 0.6 is 11.3 Å². The minimum atomic E-state index is -0.125. The maximum Gasteiger partial charge on any atom is 0.114 e. The SMILES string of the molecule is CCc1nc(C(N)c2ccc(N(C)C)cc2)sc1C. The zero-order valence-electron chi connectivity index (χ0n) is 12.0. The summed E-state index contributed by atoms with van der Waals surface area (Å²) in [6.45, 7) is 4.24. The molecule has 1 aromatic heterocycles. The molecule has 1 aromatic carbocycles. The second-order valence-corrected chi connectivity index (χ2v) is 6.11. The summed E-state index contributed by atoms with van der Waals surface area (Å²) in [5.74, 6) is 0. The molecule has 1 atom stereocenters. The Bertz CT molecular complexity index is 543. The highest BCUT2D eigenvalue weighted by Crippen LogP contribution is 2.27. The molecule has 0 amide bonds. The van der Waals surface area contributed by atoms with Crippen molar-refractivity contribution in [1.29, 1.82) is 0 Å². The number of nitrogens with two attached hydrogens (primary N) is 1. The molecule has 1 unspecified atom stereocenters. The molecule has 0 saturated carbocycles. The van der Waals surface area contributed by atoms with Gasteiger partial charge in [-0.1, -0.05) is 19.1 Å². The number of nitrogens with zero attached hydrogens (tertiary/aromatic N) is 2. The van der Waals surface area contributed by atoms with Gasteiger partial charge in [-0.2, -0.15) is 0 Å². The first kappa shape index (κ1) is 14.0. The molecule has 0 spiro atoms. The van der Waals surface area contributed by atoms with E-state index in [1.54, 1.807) is 11.3 Å². The molecule has 0 saturated heterocycles. The van der Waals surface area contributed by atoms with Gasteiger partial charge in [0.15, 0.2) is 0 Å². The van der Waals surface area contributed by atoms with Crippen LogP contribution in [0.25, 0.3) is 0 Å². The smallest absolute Gasteiger partial charge is 0.114 e. The van der Waals surface area contributed by atoms with Crippen molar-refractivity contribution >= 4 is 17.0 Å². The molecule has 2 rings (SSSR count). The normalized spacial score (nSPS) is 12.5. The molecule has 4 heteroatoms. The Labute approximate surface area is 119 Å². The van der Waals surface area contributed by atoms with Gasteiger partial charge in [-0.25, -0.2) is 4.98 Å². The number of anilines is 1. The summed E-state index contributed by atoms with van der Waals surface area (Å²) in [5.41, 5.74) is 9.77. The van der Waals surface area contributed by atoms with Crippen molar-refractivity contribution in [2.24, 2.45) is 5.73 Å². The molecule has 1 heterocycles. The zero-order chi connectivity index (χ0) is 14.0. The van der Waals surface area contributed by atoms with Gasteiger partial charge in [0, 0.05) is 24.7 Å². The van der Waals surface area contributed by atoms with Gasteiger partial charge in [-0.05, 0) is 31.0 Å². The molecule has 0 aliphatic heterocycles. The van der Waals surface area contributed by atoms with Gasteiger partial charge in [0.25, 0.3) is 0 Å². The lowest BCUT2D eigenvalue weighted by atomic mass is 10.1. The van der Waals surface area contributed by atoms with E-state index in [2.05, 4.69) is 48.0 Å². The number of aromatic nitrogens is 1. The van der Waals surface area contributed by atoms with Crippen molar-refractivity contribution in [1.82, 2.24) is 4.98 Å². The lowest BCUT2D eigenvalue weighted by Gasteiger charge is -2.14. The van der Waals surface area contributed by atoms with Gasteiger partial charge < -0.3 is 10.6 Å². The lowest BCUT2D eigenvalue weighted by molar-refractivity contribution is 0.844. The van der Waals surface area contributed by atoms with E-state index < -0.39 is 0 Å². The highest BCUT2D eigenvalue weighted by atomic mass is 32.1. The summed E-state index contributed by atoms with van der Waals surface area (Å²) in [6.07, 6.45) is 0.967. The van der Waals surface area contributed by atoms with Crippen LogP contribution in [-0.2, 0) is 6.42 Å². The van der Waals surface area contributed by atoms with Gasteiger partial charge in [0.1, 0.15) is 5.01 Å². The van der Waals surface area contributed by atoms with Crippen LogP contribution in [-0.4, -0.2) is 19.1 Å². The average molecular weight is 275 g/mol. The Morgan fingerprint density at radius 1 is 1.26 bits per heavy atom. The Morgan fingerprint density at radius 2 is 1.89 bits per heavy atom. The van der Waals surface area contributed by atoms with Crippen molar-refractivity contribution in [2.75, 3.05) is 19.0 Å². The molecule has 0 aliphatic rings. The summed E-state index contributed by atoms with van der Waals surface area (Å²) in [6, 6.07) is 8.23. The fraction of sp³-hybridized carbons (Fsp3) is 0.400. The van der Waals surface area contributed by atoms with Gasteiger partial charge in [-0.15, -0.1) is 11.3 Å². The van der Waals surface area contributed by atoms with Crippen LogP contribution < -0.4 is 10.6 Å². The van der Waals surface area contributed by atoms with Crippen molar-refractivity contribution in [3.63, 3.8) is 0 Å². The van der Waals surface area contributed by atoms with Crippen molar-refractivity contribution in [3.8, 4) is 0 Å². The molecule has 102 valence electrons. The highest BCUT2D eigenvalue weighted by molar-refractivity contribution is 7.11. The van der Waals surface area contributed by atoms with Crippen LogP contribution in [0.15, 0.2) is 24.3 Å². The molecule has 2 N–H and O–H groups in total. The van der Waals surface area contributed by atoms with E-state index in [1.165, 1.54) is 16.3 Å². The number of benzene rings is 1. The maximum atomic E-state index is 6.31. The van der Waals surface area contributed by atoms with E-state index >= 15 is 0 Å². The van der Waals surface area contributed by atoms with Crippen LogP contribution in [0.1, 0.15) is 34.1 Å². The predicted molar refractivity (Wildman–Crippen MR) is 83.0 cm³/mol. The summed E-state index contributed by atoms with van der Waals surface area (Å²) in [7, 11) is 4.07. The van der Waals surface area contributed by atoms with Gasteiger partial charge in [0.05, 0.1) is 11.7 Å². The topological polar surface area (TPSA) is 42.1 Å². The molecule has 2 aromatic rings. The number of aryl methyl sites for hydroxylation is 2. The molecular formula is C15H21N3S. The van der Waals surface area contributed by atoms with E-state index in [0.717, 1.165) is 17.0 Å². The Balaban J connectivity index is 2.25. The molecule has 0 aliphatic carbocycles. The maximum absolute atomic E-state index is 6.31. The highest BCUT2D eigenvalue weighted by Gasteiger charge is 2.15. The molecule has 0 bridgehead atoms. The molecular weight excluding hydrogens is 254 g/mol. The van der Waals surface area contributed by atoms with E-state index in [1.807, 2.05) is 14.1 Å². The van der Waals surface area contributed by atoms with Gasteiger partial charge in [-0.3, -0.25) is 0 Å². The first-order valence-electron chi connectivity index (χ1n) is 6.52. The van der Waals surface area contributed by atoms with Crippen LogP contribution in [0.5, 0.6) is 0 Å². The first-order valence-corrected chi connectivity index (χ1v) is 7.33. The third-order valence-electron chi connectivity index (χ3n) is 3.28. The summed E-state index contributed by atoms with van der Waals surface area (Å²) in [5, 5.41) is 1.01. The van der Waals surface area contributed by atoms with Crippen molar-refractivity contribution in [2.45, 2.75) is 26.3 Å². The van der Waals surface area contributed by atoms with Gasteiger partial charge >= 0.3 is 0 Å².